The number of para-hydroxylation sites is 2. The van der Waals surface area contributed by atoms with Crippen LogP contribution in [-0.4, -0.2) is 18.5 Å². The molecular formula is C21H19NO4S. The first-order valence-corrected chi connectivity index (χ1v) is 9.39. The first-order valence-electron chi connectivity index (χ1n) is 8.51. The molecular weight excluding hydrogens is 362 g/mol. The van der Waals surface area contributed by atoms with Crippen molar-refractivity contribution in [3.63, 3.8) is 0 Å². The average Bonchev–Trinajstić information content (AvgIpc) is 3.23. The van der Waals surface area contributed by atoms with E-state index in [4.69, 9.17) is 9.47 Å². The molecule has 5 nitrogen and oxygen atoms in total. The Labute approximate surface area is 161 Å². The molecule has 0 saturated heterocycles. The van der Waals surface area contributed by atoms with Gasteiger partial charge in [-0.3, -0.25) is 4.79 Å². The monoisotopic (exact) mass is 381 g/mol. The van der Waals surface area contributed by atoms with Crippen molar-refractivity contribution < 1.29 is 19.1 Å². The van der Waals surface area contributed by atoms with Gasteiger partial charge in [-0.05, 0) is 30.5 Å². The summed E-state index contributed by atoms with van der Waals surface area (Å²) in [6, 6.07) is 19.5. The van der Waals surface area contributed by atoms with Crippen LogP contribution in [0.5, 0.6) is 5.75 Å². The van der Waals surface area contributed by atoms with Gasteiger partial charge in [0.2, 0.25) is 6.10 Å². The Morgan fingerprint density at radius 3 is 2.44 bits per heavy atom. The number of carbonyl (C=O) groups is 2. The zero-order valence-electron chi connectivity index (χ0n) is 14.8. The fourth-order valence-electron chi connectivity index (χ4n) is 2.51. The van der Waals surface area contributed by atoms with Crippen molar-refractivity contribution >= 4 is 28.9 Å². The summed E-state index contributed by atoms with van der Waals surface area (Å²) in [5, 5.41) is 4.59. The summed E-state index contributed by atoms with van der Waals surface area (Å²) < 4.78 is 11.1. The molecule has 0 aliphatic rings. The molecule has 138 valence electrons. The van der Waals surface area contributed by atoms with Crippen molar-refractivity contribution in [2.24, 2.45) is 0 Å². The highest BCUT2D eigenvalue weighted by Crippen LogP contribution is 2.27. The minimum absolute atomic E-state index is 0.443. The molecule has 0 saturated carbocycles. The molecule has 1 amide bonds. The Morgan fingerprint density at radius 2 is 1.74 bits per heavy atom. The molecule has 1 heterocycles. The van der Waals surface area contributed by atoms with Gasteiger partial charge >= 0.3 is 5.97 Å². The van der Waals surface area contributed by atoms with E-state index in [-0.39, 0.29) is 0 Å². The summed E-state index contributed by atoms with van der Waals surface area (Å²) in [5.41, 5.74) is 1.12. The molecule has 3 aromatic rings. The smallest absolute Gasteiger partial charge is 0.349 e. The van der Waals surface area contributed by atoms with Gasteiger partial charge in [0.05, 0.1) is 12.3 Å². The van der Waals surface area contributed by atoms with E-state index in [1.54, 1.807) is 60.0 Å². The second kappa shape index (κ2) is 9.00. The standard InChI is InChI=1S/C21H19NO4S/c1-2-25-17-12-7-6-11-16(17)22-20(23)19(15-9-4-3-5-10-15)26-21(24)18-13-8-14-27-18/h3-14,19H,2H2,1H3,(H,22,23)/t19-/m1/s1. The Hall–Kier alpha value is -3.12. The van der Waals surface area contributed by atoms with E-state index in [0.717, 1.165) is 0 Å². The van der Waals surface area contributed by atoms with E-state index in [0.29, 0.717) is 28.5 Å². The normalized spacial score (nSPS) is 11.4. The molecule has 0 unspecified atom stereocenters. The van der Waals surface area contributed by atoms with Gasteiger partial charge in [0.15, 0.2) is 0 Å². The lowest BCUT2D eigenvalue weighted by Crippen LogP contribution is -2.26. The number of hydrogen-bond donors (Lipinski definition) is 1. The Balaban J connectivity index is 1.84. The van der Waals surface area contributed by atoms with Gasteiger partial charge < -0.3 is 14.8 Å². The summed E-state index contributed by atoms with van der Waals surface area (Å²) in [6.45, 7) is 2.34. The molecule has 0 aliphatic carbocycles. The number of ether oxygens (including phenoxy) is 2. The van der Waals surface area contributed by atoms with E-state index in [1.165, 1.54) is 11.3 Å². The molecule has 0 spiro atoms. The molecule has 0 bridgehead atoms. The highest BCUT2D eigenvalue weighted by Gasteiger charge is 2.26. The van der Waals surface area contributed by atoms with Crippen molar-refractivity contribution in [1.29, 1.82) is 0 Å². The largest absolute Gasteiger partial charge is 0.492 e. The lowest BCUT2D eigenvalue weighted by molar-refractivity contribution is -0.125. The maximum Gasteiger partial charge on any atom is 0.349 e. The lowest BCUT2D eigenvalue weighted by Gasteiger charge is -2.19. The van der Waals surface area contributed by atoms with Gasteiger partial charge in [-0.1, -0.05) is 48.5 Å². The Bertz CT molecular complexity index is 894. The van der Waals surface area contributed by atoms with Gasteiger partial charge in [-0.25, -0.2) is 4.79 Å². The van der Waals surface area contributed by atoms with E-state index < -0.39 is 18.0 Å². The van der Waals surface area contributed by atoms with Crippen LogP contribution in [0.15, 0.2) is 72.1 Å². The molecule has 1 atom stereocenters. The zero-order chi connectivity index (χ0) is 19.1. The van der Waals surface area contributed by atoms with E-state index >= 15 is 0 Å². The fourth-order valence-corrected chi connectivity index (χ4v) is 3.12. The van der Waals surface area contributed by atoms with Crippen molar-refractivity contribution in [2.75, 3.05) is 11.9 Å². The van der Waals surface area contributed by atoms with Gasteiger partial charge in [-0.15, -0.1) is 11.3 Å². The third-order valence-electron chi connectivity index (χ3n) is 3.73. The van der Waals surface area contributed by atoms with Gasteiger partial charge in [0.1, 0.15) is 10.6 Å². The Morgan fingerprint density at radius 1 is 1.00 bits per heavy atom. The molecule has 2 aromatic carbocycles. The van der Waals surface area contributed by atoms with Gasteiger partial charge in [0, 0.05) is 5.56 Å². The second-order valence-electron chi connectivity index (χ2n) is 5.59. The molecule has 6 heteroatoms. The van der Waals surface area contributed by atoms with Crippen LogP contribution in [0.2, 0.25) is 0 Å². The first kappa shape index (κ1) is 18.7. The topological polar surface area (TPSA) is 64.6 Å². The van der Waals surface area contributed by atoms with Crippen LogP contribution < -0.4 is 10.1 Å². The lowest BCUT2D eigenvalue weighted by atomic mass is 10.1. The predicted octanol–water partition coefficient (Wildman–Crippen LogP) is 4.68. The van der Waals surface area contributed by atoms with E-state index in [2.05, 4.69) is 5.32 Å². The fraction of sp³-hybridized carbons (Fsp3) is 0.143. The molecule has 27 heavy (non-hydrogen) atoms. The molecule has 0 fully saturated rings. The molecule has 3 rings (SSSR count). The summed E-state index contributed by atoms with van der Waals surface area (Å²) in [6.07, 6.45) is -1.07. The van der Waals surface area contributed by atoms with Crippen molar-refractivity contribution in [3.8, 4) is 5.75 Å². The third-order valence-corrected chi connectivity index (χ3v) is 4.58. The minimum Gasteiger partial charge on any atom is -0.492 e. The summed E-state index contributed by atoms with van der Waals surface area (Å²) in [7, 11) is 0. The zero-order valence-corrected chi connectivity index (χ0v) is 15.6. The van der Waals surface area contributed by atoms with Crippen LogP contribution in [0.4, 0.5) is 5.69 Å². The number of hydrogen-bond acceptors (Lipinski definition) is 5. The molecule has 1 aromatic heterocycles. The molecule has 0 radical (unpaired) electrons. The summed E-state index contributed by atoms with van der Waals surface area (Å²) in [5.74, 6) is -0.421. The SMILES string of the molecule is CCOc1ccccc1NC(=O)[C@H](OC(=O)c1cccs1)c1ccccc1. The van der Waals surface area contributed by atoms with E-state index in [1.807, 2.05) is 19.1 Å². The summed E-state index contributed by atoms with van der Waals surface area (Å²) in [4.78, 5) is 25.8. The van der Waals surface area contributed by atoms with Crippen LogP contribution >= 0.6 is 11.3 Å². The molecule has 0 aliphatic heterocycles. The number of amides is 1. The second-order valence-corrected chi connectivity index (χ2v) is 6.54. The first-order chi connectivity index (χ1) is 13.2. The van der Waals surface area contributed by atoms with Gasteiger partial charge in [-0.2, -0.15) is 0 Å². The predicted molar refractivity (Wildman–Crippen MR) is 105 cm³/mol. The van der Waals surface area contributed by atoms with Crippen molar-refractivity contribution in [1.82, 2.24) is 0 Å². The number of rotatable bonds is 7. The number of esters is 1. The maximum atomic E-state index is 12.9. The maximum absolute atomic E-state index is 12.9. The Kier molecular flexibility index (Phi) is 6.22. The highest BCUT2D eigenvalue weighted by molar-refractivity contribution is 7.11. The minimum atomic E-state index is -1.07. The van der Waals surface area contributed by atoms with Crippen LogP contribution in [0.25, 0.3) is 0 Å². The number of benzene rings is 2. The van der Waals surface area contributed by atoms with Crippen LogP contribution in [0, 0.1) is 0 Å². The number of carbonyl (C=O) groups excluding carboxylic acids is 2. The third kappa shape index (κ3) is 4.74. The van der Waals surface area contributed by atoms with Crippen LogP contribution in [-0.2, 0) is 9.53 Å². The van der Waals surface area contributed by atoms with Gasteiger partial charge in [0.25, 0.3) is 5.91 Å². The van der Waals surface area contributed by atoms with Crippen molar-refractivity contribution in [2.45, 2.75) is 13.0 Å². The molecule has 1 N–H and O–H groups in total. The number of anilines is 1. The van der Waals surface area contributed by atoms with Crippen LogP contribution in [0.3, 0.4) is 0 Å². The summed E-state index contributed by atoms with van der Waals surface area (Å²) >= 11 is 1.27. The number of thiophene rings is 1. The van der Waals surface area contributed by atoms with E-state index in [9.17, 15) is 9.59 Å². The number of nitrogens with one attached hydrogen (secondary N) is 1. The quantitative estimate of drug-likeness (QED) is 0.603. The highest BCUT2D eigenvalue weighted by atomic mass is 32.1. The van der Waals surface area contributed by atoms with Crippen molar-refractivity contribution in [3.05, 3.63) is 82.6 Å². The van der Waals surface area contributed by atoms with Crippen LogP contribution in [0.1, 0.15) is 28.3 Å². The average molecular weight is 381 g/mol.